The number of rotatable bonds is 5. The highest BCUT2D eigenvalue weighted by Gasteiger charge is 2.11. The molecule has 0 fully saturated rings. The van der Waals surface area contributed by atoms with Crippen LogP contribution in [0.4, 0.5) is 5.82 Å². The second-order valence-electron chi connectivity index (χ2n) is 5.38. The van der Waals surface area contributed by atoms with E-state index in [0.717, 1.165) is 0 Å². The minimum absolute atomic E-state index is 0.270. The monoisotopic (exact) mass is 312 g/mol. The molecule has 5 nitrogen and oxygen atoms in total. The highest BCUT2D eigenvalue weighted by molar-refractivity contribution is 6.04. The molecule has 2 aromatic rings. The van der Waals surface area contributed by atoms with E-state index < -0.39 is 5.97 Å². The fourth-order valence-corrected chi connectivity index (χ4v) is 2.05. The van der Waals surface area contributed by atoms with Crippen molar-refractivity contribution >= 4 is 17.7 Å². The molecule has 5 heteroatoms. The van der Waals surface area contributed by atoms with Crippen molar-refractivity contribution in [2.75, 3.05) is 11.9 Å². The smallest absolute Gasteiger partial charge is 0.338 e. The summed E-state index contributed by atoms with van der Waals surface area (Å²) in [4.78, 5) is 28.0. The molecule has 2 rings (SSSR count). The van der Waals surface area contributed by atoms with Gasteiger partial charge in [-0.05, 0) is 42.7 Å². The summed E-state index contributed by atoms with van der Waals surface area (Å²) in [7, 11) is 0. The van der Waals surface area contributed by atoms with Gasteiger partial charge in [-0.2, -0.15) is 0 Å². The van der Waals surface area contributed by atoms with Gasteiger partial charge in [-0.1, -0.05) is 26.0 Å². The Morgan fingerprint density at radius 2 is 1.83 bits per heavy atom. The van der Waals surface area contributed by atoms with E-state index in [1.54, 1.807) is 25.1 Å². The number of anilines is 1. The van der Waals surface area contributed by atoms with E-state index in [-0.39, 0.29) is 5.91 Å². The molecule has 0 saturated heterocycles. The lowest BCUT2D eigenvalue weighted by atomic mass is 10.0. The third kappa shape index (κ3) is 4.39. The first kappa shape index (κ1) is 16.7. The van der Waals surface area contributed by atoms with Crippen molar-refractivity contribution in [3.63, 3.8) is 0 Å². The van der Waals surface area contributed by atoms with Crippen LogP contribution in [0.5, 0.6) is 0 Å². The van der Waals surface area contributed by atoms with Crippen LogP contribution in [-0.4, -0.2) is 23.5 Å². The molecule has 0 aliphatic rings. The van der Waals surface area contributed by atoms with E-state index in [1.165, 1.54) is 17.8 Å². The lowest BCUT2D eigenvalue weighted by molar-refractivity contribution is 0.0526. The Bertz CT molecular complexity index is 694. The summed E-state index contributed by atoms with van der Waals surface area (Å²) in [5.41, 5.74) is 2.06. The predicted molar refractivity (Wildman–Crippen MR) is 88.7 cm³/mol. The zero-order valence-corrected chi connectivity index (χ0v) is 13.5. The SMILES string of the molecule is CCOC(=O)c1ccnc(NC(=O)c2ccc(C(C)C)cc2)c1. The molecule has 1 amide bonds. The summed E-state index contributed by atoms with van der Waals surface area (Å²) in [6.45, 7) is 6.23. The number of pyridine rings is 1. The van der Waals surface area contributed by atoms with Gasteiger partial charge >= 0.3 is 5.97 Å². The van der Waals surface area contributed by atoms with E-state index in [2.05, 4.69) is 24.1 Å². The Morgan fingerprint density at radius 1 is 1.13 bits per heavy atom. The van der Waals surface area contributed by atoms with Crippen molar-refractivity contribution in [2.45, 2.75) is 26.7 Å². The molecule has 0 bridgehead atoms. The molecule has 1 N–H and O–H groups in total. The van der Waals surface area contributed by atoms with Crippen LogP contribution in [-0.2, 0) is 4.74 Å². The number of amides is 1. The van der Waals surface area contributed by atoms with E-state index in [1.807, 2.05) is 12.1 Å². The molecular formula is C18H20N2O3. The highest BCUT2D eigenvalue weighted by atomic mass is 16.5. The van der Waals surface area contributed by atoms with Gasteiger partial charge in [-0.25, -0.2) is 9.78 Å². The number of nitrogens with zero attached hydrogens (tertiary/aromatic N) is 1. The van der Waals surface area contributed by atoms with E-state index in [9.17, 15) is 9.59 Å². The molecule has 23 heavy (non-hydrogen) atoms. The maximum Gasteiger partial charge on any atom is 0.338 e. The van der Waals surface area contributed by atoms with E-state index in [4.69, 9.17) is 4.74 Å². The molecule has 0 saturated carbocycles. The largest absolute Gasteiger partial charge is 0.462 e. The Labute approximate surface area is 135 Å². The molecule has 0 aliphatic heterocycles. The first-order valence-corrected chi connectivity index (χ1v) is 7.55. The van der Waals surface area contributed by atoms with E-state index >= 15 is 0 Å². The van der Waals surface area contributed by atoms with Gasteiger partial charge < -0.3 is 10.1 Å². The van der Waals surface area contributed by atoms with Crippen LogP contribution >= 0.6 is 0 Å². The number of carbonyl (C=O) groups excluding carboxylic acids is 2. The van der Waals surface area contributed by atoms with Crippen LogP contribution in [0.1, 0.15) is 53.0 Å². The number of aromatic nitrogens is 1. The summed E-state index contributed by atoms with van der Waals surface area (Å²) in [5.74, 6) is 0.0176. The molecule has 1 aromatic heterocycles. The fourth-order valence-electron chi connectivity index (χ4n) is 2.05. The summed E-state index contributed by atoms with van der Waals surface area (Å²) < 4.78 is 4.93. The van der Waals surface area contributed by atoms with Gasteiger partial charge in [0.1, 0.15) is 5.82 Å². The van der Waals surface area contributed by atoms with Gasteiger partial charge in [0.05, 0.1) is 12.2 Å². The lowest BCUT2D eigenvalue weighted by Crippen LogP contribution is -2.14. The zero-order chi connectivity index (χ0) is 16.8. The van der Waals surface area contributed by atoms with Gasteiger partial charge in [0, 0.05) is 11.8 Å². The topological polar surface area (TPSA) is 68.3 Å². The number of nitrogens with one attached hydrogen (secondary N) is 1. The Hall–Kier alpha value is -2.69. The average Bonchev–Trinajstić information content (AvgIpc) is 2.55. The van der Waals surface area contributed by atoms with Gasteiger partial charge in [0.25, 0.3) is 5.91 Å². The summed E-state index contributed by atoms with van der Waals surface area (Å²) in [5, 5.41) is 2.69. The average molecular weight is 312 g/mol. The van der Waals surface area contributed by atoms with Crippen LogP contribution in [0.3, 0.4) is 0 Å². The normalized spacial score (nSPS) is 10.4. The minimum atomic E-state index is -0.438. The van der Waals surface area contributed by atoms with Crippen LogP contribution in [0.2, 0.25) is 0 Å². The third-order valence-electron chi connectivity index (χ3n) is 3.35. The first-order chi connectivity index (χ1) is 11.0. The highest BCUT2D eigenvalue weighted by Crippen LogP contribution is 2.16. The van der Waals surface area contributed by atoms with Crippen molar-refractivity contribution < 1.29 is 14.3 Å². The van der Waals surface area contributed by atoms with E-state index in [0.29, 0.717) is 29.5 Å². The standard InChI is InChI=1S/C18H20N2O3/c1-4-23-18(22)15-9-10-19-16(11-15)20-17(21)14-7-5-13(6-8-14)12(2)3/h5-12H,4H2,1-3H3,(H,19,20,21). The van der Waals surface area contributed by atoms with Gasteiger partial charge in [-0.15, -0.1) is 0 Å². The Balaban J connectivity index is 2.10. The van der Waals surface area contributed by atoms with Crippen molar-refractivity contribution in [2.24, 2.45) is 0 Å². The van der Waals surface area contributed by atoms with Gasteiger partial charge in [-0.3, -0.25) is 4.79 Å². The third-order valence-corrected chi connectivity index (χ3v) is 3.35. The number of benzene rings is 1. The fraction of sp³-hybridized carbons (Fsp3) is 0.278. The van der Waals surface area contributed by atoms with Crippen molar-refractivity contribution in [3.05, 3.63) is 59.3 Å². The van der Waals surface area contributed by atoms with Crippen LogP contribution in [0.25, 0.3) is 0 Å². The summed E-state index contributed by atoms with van der Waals surface area (Å²) in [6.07, 6.45) is 1.46. The maximum absolute atomic E-state index is 12.2. The molecule has 1 aromatic carbocycles. The zero-order valence-electron chi connectivity index (χ0n) is 13.5. The van der Waals surface area contributed by atoms with Crippen molar-refractivity contribution in [1.82, 2.24) is 4.98 Å². The van der Waals surface area contributed by atoms with Crippen LogP contribution in [0.15, 0.2) is 42.6 Å². The second-order valence-corrected chi connectivity index (χ2v) is 5.38. The molecule has 0 unspecified atom stereocenters. The predicted octanol–water partition coefficient (Wildman–Crippen LogP) is 3.63. The van der Waals surface area contributed by atoms with Gasteiger partial charge in [0.15, 0.2) is 0 Å². The quantitative estimate of drug-likeness (QED) is 0.856. The summed E-state index contributed by atoms with van der Waals surface area (Å²) in [6, 6.07) is 10.5. The first-order valence-electron chi connectivity index (χ1n) is 7.55. The minimum Gasteiger partial charge on any atom is -0.462 e. The Morgan fingerprint density at radius 3 is 2.43 bits per heavy atom. The molecule has 1 heterocycles. The van der Waals surface area contributed by atoms with Crippen molar-refractivity contribution in [3.8, 4) is 0 Å². The second kappa shape index (κ2) is 7.54. The number of carbonyl (C=O) groups is 2. The van der Waals surface area contributed by atoms with Crippen LogP contribution in [0, 0.1) is 0 Å². The maximum atomic E-state index is 12.2. The molecular weight excluding hydrogens is 292 g/mol. The Kier molecular flexibility index (Phi) is 5.46. The molecule has 0 radical (unpaired) electrons. The molecule has 0 spiro atoms. The molecule has 0 aliphatic carbocycles. The van der Waals surface area contributed by atoms with Gasteiger partial charge in [0.2, 0.25) is 0 Å². The number of esters is 1. The summed E-state index contributed by atoms with van der Waals surface area (Å²) >= 11 is 0. The van der Waals surface area contributed by atoms with Crippen LogP contribution < -0.4 is 5.32 Å². The number of hydrogen-bond acceptors (Lipinski definition) is 4. The van der Waals surface area contributed by atoms with Crippen molar-refractivity contribution in [1.29, 1.82) is 0 Å². The molecule has 0 atom stereocenters. The lowest BCUT2D eigenvalue weighted by Gasteiger charge is -2.08. The number of hydrogen-bond donors (Lipinski definition) is 1. The molecule has 120 valence electrons. The number of ether oxygens (including phenoxy) is 1.